The standard InChI is InChI=1S/C14H18Cl2N2O3/c15-9-6-11(16)14(12(17)7-9)18-13(19)3-5-20-8-10-2-1-4-21-10/h6-7,10H,1-5,8,17H2,(H,18,19). The van der Waals surface area contributed by atoms with Crippen molar-refractivity contribution in [2.24, 2.45) is 0 Å². The molecule has 1 fully saturated rings. The highest BCUT2D eigenvalue weighted by Crippen LogP contribution is 2.32. The van der Waals surface area contributed by atoms with Gasteiger partial charge in [-0.05, 0) is 25.0 Å². The normalized spacial score (nSPS) is 17.9. The molecule has 5 nitrogen and oxygen atoms in total. The van der Waals surface area contributed by atoms with E-state index < -0.39 is 0 Å². The number of hydrogen-bond donors (Lipinski definition) is 2. The van der Waals surface area contributed by atoms with Crippen molar-refractivity contribution in [1.29, 1.82) is 0 Å². The van der Waals surface area contributed by atoms with Crippen LogP contribution in [0.3, 0.4) is 0 Å². The number of carbonyl (C=O) groups excluding carboxylic acids is 1. The average molecular weight is 333 g/mol. The number of benzene rings is 1. The largest absolute Gasteiger partial charge is 0.397 e. The number of ether oxygens (including phenoxy) is 2. The van der Waals surface area contributed by atoms with Gasteiger partial charge in [0, 0.05) is 11.6 Å². The summed E-state index contributed by atoms with van der Waals surface area (Å²) < 4.78 is 10.9. The molecule has 0 aliphatic carbocycles. The molecule has 0 saturated carbocycles. The van der Waals surface area contributed by atoms with Crippen molar-refractivity contribution in [3.8, 4) is 0 Å². The zero-order chi connectivity index (χ0) is 15.2. The molecule has 1 saturated heterocycles. The second kappa shape index (κ2) is 7.84. The molecule has 0 aromatic heterocycles. The van der Waals surface area contributed by atoms with Gasteiger partial charge in [0.15, 0.2) is 0 Å². The summed E-state index contributed by atoms with van der Waals surface area (Å²) in [5.41, 5.74) is 6.49. The Labute approximate surface area is 133 Å². The third-order valence-corrected chi connectivity index (χ3v) is 3.67. The summed E-state index contributed by atoms with van der Waals surface area (Å²) in [6.45, 7) is 1.65. The van der Waals surface area contributed by atoms with Gasteiger partial charge < -0.3 is 20.5 Å². The molecule has 0 radical (unpaired) electrons. The number of rotatable bonds is 6. The number of anilines is 2. The van der Waals surface area contributed by atoms with Crippen LogP contribution in [-0.4, -0.2) is 31.8 Å². The summed E-state index contributed by atoms with van der Waals surface area (Å²) in [5.74, 6) is -0.210. The summed E-state index contributed by atoms with van der Waals surface area (Å²) in [7, 11) is 0. The quantitative estimate of drug-likeness (QED) is 0.620. The summed E-state index contributed by atoms with van der Waals surface area (Å²) in [6.07, 6.45) is 2.48. The Hall–Kier alpha value is -1.01. The highest BCUT2D eigenvalue weighted by molar-refractivity contribution is 6.37. The Bertz CT molecular complexity index is 482. The second-order valence-corrected chi connectivity index (χ2v) is 5.70. The van der Waals surface area contributed by atoms with E-state index in [2.05, 4.69) is 5.32 Å². The molecule has 116 valence electrons. The predicted molar refractivity (Wildman–Crippen MR) is 83.9 cm³/mol. The van der Waals surface area contributed by atoms with Crippen molar-refractivity contribution in [2.75, 3.05) is 30.9 Å². The summed E-state index contributed by atoms with van der Waals surface area (Å²) >= 11 is 11.8. The molecule has 1 aromatic carbocycles. The van der Waals surface area contributed by atoms with Gasteiger partial charge in [0.1, 0.15) is 0 Å². The van der Waals surface area contributed by atoms with Crippen LogP contribution in [-0.2, 0) is 14.3 Å². The average Bonchev–Trinajstić information content (AvgIpc) is 2.92. The molecule has 1 aliphatic heterocycles. The van der Waals surface area contributed by atoms with Crippen molar-refractivity contribution in [3.05, 3.63) is 22.2 Å². The van der Waals surface area contributed by atoms with E-state index in [0.717, 1.165) is 19.4 Å². The highest BCUT2D eigenvalue weighted by Gasteiger charge is 2.15. The van der Waals surface area contributed by atoms with Crippen molar-refractivity contribution >= 4 is 40.5 Å². The van der Waals surface area contributed by atoms with E-state index in [0.29, 0.717) is 34.6 Å². The van der Waals surface area contributed by atoms with Crippen LogP contribution < -0.4 is 11.1 Å². The Morgan fingerprint density at radius 1 is 1.48 bits per heavy atom. The van der Waals surface area contributed by atoms with Crippen LogP contribution in [0.25, 0.3) is 0 Å². The monoisotopic (exact) mass is 332 g/mol. The fraction of sp³-hybridized carbons (Fsp3) is 0.500. The first-order valence-corrected chi connectivity index (χ1v) is 7.55. The molecule has 1 atom stereocenters. The Morgan fingerprint density at radius 2 is 2.29 bits per heavy atom. The lowest BCUT2D eigenvalue weighted by Crippen LogP contribution is -2.19. The maximum Gasteiger partial charge on any atom is 0.226 e. The molecule has 0 spiro atoms. The SMILES string of the molecule is Nc1cc(Cl)cc(Cl)c1NC(=O)CCOCC1CCCO1. The van der Waals surface area contributed by atoms with Gasteiger partial charge >= 0.3 is 0 Å². The fourth-order valence-corrected chi connectivity index (χ4v) is 2.64. The van der Waals surface area contributed by atoms with E-state index in [1.165, 1.54) is 12.1 Å². The van der Waals surface area contributed by atoms with Gasteiger partial charge in [-0.1, -0.05) is 23.2 Å². The lowest BCUT2D eigenvalue weighted by atomic mass is 10.2. The number of nitrogen functional groups attached to an aromatic ring is 1. The van der Waals surface area contributed by atoms with Gasteiger partial charge in [-0.3, -0.25) is 4.79 Å². The summed E-state index contributed by atoms with van der Waals surface area (Å²) in [4.78, 5) is 11.8. The Balaban J connectivity index is 1.74. The fourth-order valence-electron chi connectivity index (χ4n) is 2.08. The third-order valence-electron chi connectivity index (χ3n) is 3.15. The summed E-state index contributed by atoms with van der Waals surface area (Å²) in [5, 5.41) is 3.41. The van der Waals surface area contributed by atoms with Crippen molar-refractivity contribution < 1.29 is 14.3 Å². The van der Waals surface area contributed by atoms with Gasteiger partial charge in [0.05, 0.1) is 42.1 Å². The van der Waals surface area contributed by atoms with Crippen LogP contribution in [0.2, 0.25) is 10.0 Å². The minimum Gasteiger partial charge on any atom is -0.397 e. The van der Waals surface area contributed by atoms with E-state index >= 15 is 0 Å². The third kappa shape index (κ3) is 5.04. The second-order valence-electron chi connectivity index (χ2n) is 4.86. The van der Waals surface area contributed by atoms with E-state index in [9.17, 15) is 4.79 Å². The Kier molecular flexibility index (Phi) is 6.11. The lowest BCUT2D eigenvalue weighted by Gasteiger charge is -2.12. The van der Waals surface area contributed by atoms with Gasteiger partial charge in [-0.25, -0.2) is 0 Å². The number of amides is 1. The lowest BCUT2D eigenvalue weighted by molar-refractivity contribution is -0.117. The minimum absolute atomic E-state index is 0.161. The molecular weight excluding hydrogens is 315 g/mol. The van der Waals surface area contributed by atoms with E-state index in [1.807, 2.05) is 0 Å². The topological polar surface area (TPSA) is 73.6 Å². The van der Waals surface area contributed by atoms with Crippen molar-refractivity contribution in [2.45, 2.75) is 25.4 Å². The first-order valence-electron chi connectivity index (χ1n) is 6.80. The van der Waals surface area contributed by atoms with E-state index in [4.69, 9.17) is 38.4 Å². The highest BCUT2D eigenvalue weighted by atomic mass is 35.5. The smallest absolute Gasteiger partial charge is 0.226 e. The van der Waals surface area contributed by atoms with Gasteiger partial charge in [0.25, 0.3) is 0 Å². The zero-order valence-corrected chi connectivity index (χ0v) is 13.0. The van der Waals surface area contributed by atoms with Gasteiger partial charge in [0.2, 0.25) is 5.91 Å². The number of nitrogens with one attached hydrogen (secondary N) is 1. The number of nitrogens with two attached hydrogens (primary N) is 1. The first kappa shape index (κ1) is 16.4. The Morgan fingerprint density at radius 3 is 2.95 bits per heavy atom. The van der Waals surface area contributed by atoms with Crippen LogP contribution in [0.4, 0.5) is 11.4 Å². The van der Waals surface area contributed by atoms with Crippen molar-refractivity contribution in [3.63, 3.8) is 0 Å². The van der Waals surface area contributed by atoms with Gasteiger partial charge in [-0.15, -0.1) is 0 Å². The first-order chi connectivity index (χ1) is 10.1. The van der Waals surface area contributed by atoms with Crippen LogP contribution in [0.5, 0.6) is 0 Å². The molecule has 1 amide bonds. The van der Waals surface area contributed by atoms with Crippen LogP contribution in [0.15, 0.2) is 12.1 Å². The van der Waals surface area contributed by atoms with Gasteiger partial charge in [-0.2, -0.15) is 0 Å². The summed E-state index contributed by atoms with van der Waals surface area (Å²) in [6, 6.07) is 3.07. The van der Waals surface area contributed by atoms with E-state index in [-0.39, 0.29) is 18.4 Å². The molecule has 1 heterocycles. The molecule has 3 N–H and O–H groups in total. The number of halogens is 2. The maximum absolute atomic E-state index is 11.8. The number of carbonyl (C=O) groups is 1. The molecule has 2 rings (SSSR count). The van der Waals surface area contributed by atoms with Crippen molar-refractivity contribution in [1.82, 2.24) is 0 Å². The van der Waals surface area contributed by atoms with Crippen LogP contribution in [0, 0.1) is 0 Å². The predicted octanol–water partition coefficient (Wildman–Crippen LogP) is 3.10. The molecular formula is C14H18Cl2N2O3. The zero-order valence-electron chi connectivity index (χ0n) is 11.5. The molecule has 1 unspecified atom stereocenters. The number of hydrogen-bond acceptors (Lipinski definition) is 4. The molecule has 0 bridgehead atoms. The molecule has 1 aliphatic rings. The maximum atomic E-state index is 11.8. The molecule has 1 aromatic rings. The van der Waals surface area contributed by atoms with E-state index in [1.54, 1.807) is 0 Å². The molecule has 7 heteroatoms. The van der Waals surface area contributed by atoms with Crippen LogP contribution >= 0.6 is 23.2 Å². The van der Waals surface area contributed by atoms with Crippen LogP contribution in [0.1, 0.15) is 19.3 Å². The minimum atomic E-state index is -0.210. The molecule has 21 heavy (non-hydrogen) atoms.